The Morgan fingerprint density at radius 2 is 1.75 bits per heavy atom. The standard InChI is InChI=1S/C19H12N4O3S2/c24-17-16(10-12-11-28-22-21-12)18(25)23(19(27)20-17)13-6-8-15(9-7-13)26-14-4-2-1-3-5-14/h1-11H,(H,20,24,27). The molecule has 1 fully saturated rings. The first-order valence-corrected chi connectivity index (χ1v) is 9.38. The van der Waals surface area contributed by atoms with Gasteiger partial charge in [-0.25, -0.2) is 0 Å². The molecule has 7 nitrogen and oxygen atoms in total. The molecule has 28 heavy (non-hydrogen) atoms. The first kappa shape index (κ1) is 18.0. The highest BCUT2D eigenvalue weighted by Crippen LogP contribution is 2.26. The number of nitrogens with one attached hydrogen (secondary N) is 1. The predicted octanol–water partition coefficient (Wildman–Crippen LogP) is 3.16. The Morgan fingerprint density at radius 3 is 2.43 bits per heavy atom. The van der Waals surface area contributed by atoms with Gasteiger partial charge in [0, 0.05) is 5.38 Å². The van der Waals surface area contributed by atoms with E-state index in [2.05, 4.69) is 14.9 Å². The molecule has 0 spiro atoms. The van der Waals surface area contributed by atoms with E-state index in [-0.39, 0.29) is 10.7 Å². The minimum Gasteiger partial charge on any atom is -0.457 e. The van der Waals surface area contributed by atoms with E-state index < -0.39 is 11.8 Å². The highest BCUT2D eigenvalue weighted by molar-refractivity contribution is 7.80. The summed E-state index contributed by atoms with van der Waals surface area (Å²) in [5, 5.41) is 8.02. The number of carbonyl (C=O) groups excluding carboxylic acids is 2. The van der Waals surface area contributed by atoms with Gasteiger partial charge in [-0.1, -0.05) is 22.7 Å². The zero-order chi connectivity index (χ0) is 19.5. The summed E-state index contributed by atoms with van der Waals surface area (Å²) in [6, 6.07) is 16.2. The minimum atomic E-state index is -0.566. The molecular formula is C19H12N4O3S2. The molecule has 0 radical (unpaired) electrons. The van der Waals surface area contributed by atoms with Gasteiger partial charge in [0.25, 0.3) is 11.8 Å². The second-order valence-electron chi connectivity index (χ2n) is 5.70. The molecule has 1 N–H and O–H groups in total. The van der Waals surface area contributed by atoms with Crippen LogP contribution in [0.1, 0.15) is 5.69 Å². The number of hydrogen-bond donors (Lipinski definition) is 1. The lowest BCUT2D eigenvalue weighted by molar-refractivity contribution is -0.122. The Balaban J connectivity index is 1.59. The molecule has 1 aliphatic heterocycles. The average Bonchev–Trinajstić information content (AvgIpc) is 3.20. The molecule has 0 aliphatic carbocycles. The molecule has 9 heteroatoms. The van der Waals surface area contributed by atoms with Crippen molar-refractivity contribution in [3.63, 3.8) is 0 Å². The largest absolute Gasteiger partial charge is 0.457 e. The number of nitrogens with zero attached hydrogens (tertiary/aromatic N) is 3. The molecule has 0 saturated carbocycles. The molecule has 1 aromatic heterocycles. The van der Waals surface area contributed by atoms with Crippen LogP contribution in [0.4, 0.5) is 5.69 Å². The number of hydrogen-bond acceptors (Lipinski definition) is 7. The minimum absolute atomic E-state index is 0.0141. The van der Waals surface area contributed by atoms with Gasteiger partial charge in [-0.15, -0.1) is 5.10 Å². The summed E-state index contributed by atoms with van der Waals surface area (Å²) >= 11 is 6.32. The van der Waals surface area contributed by atoms with Gasteiger partial charge >= 0.3 is 0 Å². The first-order valence-electron chi connectivity index (χ1n) is 8.13. The van der Waals surface area contributed by atoms with E-state index in [4.69, 9.17) is 17.0 Å². The molecule has 4 rings (SSSR count). The summed E-state index contributed by atoms with van der Waals surface area (Å²) in [5.74, 6) is 0.217. The van der Waals surface area contributed by atoms with Crippen molar-refractivity contribution < 1.29 is 14.3 Å². The number of benzene rings is 2. The van der Waals surface area contributed by atoms with Crippen molar-refractivity contribution >= 4 is 52.4 Å². The Bertz CT molecular complexity index is 1060. The monoisotopic (exact) mass is 408 g/mol. The van der Waals surface area contributed by atoms with Gasteiger partial charge in [0.1, 0.15) is 17.1 Å². The second kappa shape index (κ2) is 7.67. The van der Waals surface area contributed by atoms with Gasteiger partial charge in [0.15, 0.2) is 5.11 Å². The third-order valence-electron chi connectivity index (χ3n) is 3.84. The highest BCUT2D eigenvalue weighted by atomic mass is 32.1. The summed E-state index contributed by atoms with van der Waals surface area (Å²) < 4.78 is 9.48. The fraction of sp³-hybridized carbons (Fsp3) is 0. The molecule has 2 heterocycles. The lowest BCUT2D eigenvalue weighted by Crippen LogP contribution is -2.54. The predicted molar refractivity (Wildman–Crippen MR) is 109 cm³/mol. The zero-order valence-corrected chi connectivity index (χ0v) is 15.9. The SMILES string of the molecule is O=C1NC(=S)N(c2ccc(Oc3ccccc3)cc2)C(=O)C1=Cc1csnn1. The number of carbonyl (C=O) groups is 2. The Labute approximate surface area is 169 Å². The number of para-hydroxylation sites is 1. The van der Waals surface area contributed by atoms with Crippen LogP contribution in [0.3, 0.4) is 0 Å². The van der Waals surface area contributed by atoms with E-state index in [1.807, 2.05) is 30.3 Å². The van der Waals surface area contributed by atoms with Gasteiger partial charge in [-0.05, 0) is 66.2 Å². The molecular weight excluding hydrogens is 396 g/mol. The van der Waals surface area contributed by atoms with Crippen molar-refractivity contribution in [2.45, 2.75) is 0 Å². The van der Waals surface area contributed by atoms with E-state index in [1.54, 1.807) is 29.6 Å². The van der Waals surface area contributed by atoms with Crippen LogP contribution in [0.15, 0.2) is 65.6 Å². The average molecular weight is 408 g/mol. The van der Waals surface area contributed by atoms with Crippen LogP contribution in [0.5, 0.6) is 11.5 Å². The summed E-state index contributed by atoms with van der Waals surface area (Å²) in [5.41, 5.74) is 0.881. The smallest absolute Gasteiger partial charge is 0.270 e. The third kappa shape index (κ3) is 3.66. The lowest BCUT2D eigenvalue weighted by Gasteiger charge is -2.28. The third-order valence-corrected chi connectivity index (χ3v) is 4.65. The summed E-state index contributed by atoms with van der Waals surface area (Å²) in [7, 11) is 0. The quantitative estimate of drug-likeness (QED) is 0.406. The molecule has 0 unspecified atom stereocenters. The van der Waals surface area contributed by atoms with Gasteiger partial charge in [-0.2, -0.15) is 0 Å². The molecule has 1 saturated heterocycles. The number of amides is 2. The Kier molecular flexibility index (Phi) is 4.92. The number of rotatable bonds is 4. The number of aromatic nitrogens is 2. The fourth-order valence-electron chi connectivity index (χ4n) is 2.56. The van der Waals surface area contributed by atoms with Crippen molar-refractivity contribution in [2.75, 3.05) is 4.90 Å². The molecule has 1 aliphatic rings. The van der Waals surface area contributed by atoms with Gasteiger partial charge in [0.2, 0.25) is 0 Å². The first-order chi connectivity index (χ1) is 13.6. The van der Waals surface area contributed by atoms with Crippen LogP contribution in [0.2, 0.25) is 0 Å². The van der Waals surface area contributed by atoms with Crippen LogP contribution in [0.25, 0.3) is 6.08 Å². The van der Waals surface area contributed by atoms with Crippen molar-refractivity contribution in [1.82, 2.24) is 14.9 Å². The summed E-state index contributed by atoms with van der Waals surface area (Å²) in [4.78, 5) is 26.3. The van der Waals surface area contributed by atoms with Crippen molar-refractivity contribution in [1.29, 1.82) is 0 Å². The van der Waals surface area contributed by atoms with Crippen LogP contribution < -0.4 is 15.0 Å². The van der Waals surface area contributed by atoms with E-state index in [9.17, 15) is 9.59 Å². The maximum Gasteiger partial charge on any atom is 0.270 e. The van der Waals surface area contributed by atoms with Gasteiger partial charge in [-0.3, -0.25) is 19.8 Å². The Morgan fingerprint density at radius 1 is 1.04 bits per heavy atom. The zero-order valence-electron chi connectivity index (χ0n) is 14.2. The van der Waals surface area contributed by atoms with Crippen LogP contribution in [-0.4, -0.2) is 26.5 Å². The topological polar surface area (TPSA) is 84.4 Å². The lowest BCUT2D eigenvalue weighted by atomic mass is 10.1. The maximum absolute atomic E-state index is 12.9. The Hall–Kier alpha value is -3.43. The van der Waals surface area contributed by atoms with Gasteiger partial charge in [0.05, 0.1) is 11.4 Å². The summed E-state index contributed by atoms with van der Waals surface area (Å²) in [6.07, 6.45) is 1.39. The van der Waals surface area contributed by atoms with Crippen molar-refractivity contribution in [3.8, 4) is 11.5 Å². The fourth-order valence-corrected chi connectivity index (χ4v) is 3.26. The number of ether oxygens (including phenoxy) is 1. The van der Waals surface area contributed by atoms with E-state index in [0.29, 0.717) is 22.9 Å². The molecule has 2 aromatic carbocycles. The number of anilines is 1. The van der Waals surface area contributed by atoms with Crippen molar-refractivity contribution in [2.24, 2.45) is 0 Å². The molecule has 3 aromatic rings. The molecule has 2 amide bonds. The normalized spacial score (nSPS) is 15.6. The van der Waals surface area contributed by atoms with E-state index in [0.717, 1.165) is 11.5 Å². The molecule has 0 atom stereocenters. The number of thiocarbonyl (C=S) groups is 1. The van der Waals surface area contributed by atoms with E-state index >= 15 is 0 Å². The second-order valence-corrected chi connectivity index (χ2v) is 6.69. The van der Waals surface area contributed by atoms with Crippen molar-refractivity contribution in [3.05, 3.63) is 71.2 Å². The van der Waals surface area contributed by atoms with Crippen LogP contribution in [-0.2, 0) is 9.59 Å². The van der Waals surface area contributed by atoms with Gasteiger partial charge < -0.3 is 4.74 Å². The maximum atomic E-state index is 12.9. The van der Waals surface area contributed by atoms with Crippen LogP contribution in [0, 0.1) is 0 Å². The van der Waals surface area contributed by atoms with E-state index in [1.165, 1.54) is 11.0 Å². The van der Waals surface area contributed by atoms with Crippen LogP contribution >= 0.6 is 23.8 Å². The molecule has 138 valence electrons. The summed E-state index contributed by atoms with van der Waals surface area (Å²) in [6.45, 7) is 0. The molecule has 0 bridgehead atoms. The highest BCUT2D eigenvalue weighted by Gasteiger charge is 2.34.